The fourth-order valence-electron chi connectivity index (χ4n) is 1.87. The van der Waals surface area contributed by atoms with Crippen LogP contribution >= 0.6 is 0 Å². The lowest BCUT2D eigenvalue weighted by Gasteiger charge is -2.18. The normalized spacial score (nSPS) is 12.7. The number of benzene rings is 1. The Morgan fingerprint density at radius 3 is 1.84 bits per heavy atom. The van der Waals surface area contributed by atoms with Gasteiger partial charge in [-0.1, -0.05) is 53.7 Å². The summed E-state index contributed by atoms with van der Waals surface area (Å²) in [4.78, 5) is 4.38. The van der Waals surface area contributed by atoms with E-state index in [0.29, 0.717) is 5.89 Å². The molecule has 0 spiro atoms. The van der Waals surface area contributed by atoms with Crippen molar-refractivity contribution in [2.24, 2.45) is 0 Å². The van der Waals surface area contributed by atoms with Crippen molar-refractivity contribution >= 4 is 0 Å². The van der Waals surface area contributed by atoms with E-state index in [4.69, 9.17) is 4.42 Å². The Morgan fingerprint density at radius 1 is 0.842 bits per heavy atom. The highest BCUT2D eigenvalue weighted by atomic mass is 16.4. The molecule has 1 heterocycles. The number of aromatic nitrogens is 1. The van der Waals surface area contributed by atoms with Crippen molar-refractivity contribution in [3.05, 3.63) is 41.8 Å². The summed E-state index contributed by atoms with van der Waals surface area (Å²) in [6.07, 6.45) is 1.83. The first-order chi connectivity index (χ1) is 8.68. The molecule has 0 aliphatic carbocycles. The molecule has 0 saturated carbocycles. The molecule has 2 aromatic rings. The molecule has 0 atom stereocenters. The van der Waals surface area contributed by atoms with Crippen LogP contribution in [0.15, 0.2) is 34.9 Å². The molecule has 2 rings (SSSR count). The van der Waals surface area contributed by atoms with E-state index in [9.17, 15) is 0 Å². The highest BCUT2D eigenvalue weighted by molar-refractivity contribution is 5.54. The van der Waals surface area contributed by atoms with Gasteiger partial charge in [-0.05, 0) is 23.1 Å². The molecule has 0 saturated heterocycles. The molecule has 0 bridgehead atoms. The smallest absolute Gasteiger partial charge is 0.226 e. The largest absolute Gasteiger partial charge is 0.441 e. The first-order valence-corrected chi connectivity index (χ1v) is 6.75. The Morgan fingerprint density at radius 2 is 1.42 bits per heavy atom. The molecule has 2 nitrogen and oxygen atoms in total. The van der Waals surface area contributed by atoms with Crippen LogP contribution in [-0.2, 0) is 10.8 Å². The van der Waals surface area contributed by atoms with Gasteiger partial charge < -0.3 is 4.42 Å². The number of oxazole rings is 1. The van der Waals surface area contributed by atoms with Crippen molar-refractivity contribution in [3.63, 3.8) is 0 Å². The van der Waals surface area contributed by atoms with Crippen LogP contribution in [-0.4, -0.2) is 4.98 Å². The first-order valence-electron chi connectivity index (χ1n) is 6.75. The molecule has 19 heavy (non-hydrogen) atoms. The topological polar surface area (TPSA) is 26.0 Å². The molecule has 0 unspecified atom stereocenters. The van der Waals surface area contributed by atoms with Crippen molar-refractivity contribution in [1.82, 2.24) is 4.98 Å². The molecule has 1 aromatic carbocycles. The Labute approximate surface area is 115 Å². The van der Waals surface area contributed by atoms with Gasteiger partial charge in [-0.15, -0.1) is 0 Å². The zero-order valence-electron chi connectivity index (χ0n) is 12.7. The number of nitrogens with zero attached hydrogens (tertiary/aromatic N) is 1. The molecule has 0 amide bonds. The third-order valence-electron chi connectivity index (χ3n) is 3.24. The second kappa shape index (κ2) is 4.52. The van der Waals surface area contributed by atoms with Gasteiger partial charge in [0.15, 0.2) is 0 Å². The second-order valence-electron chi connectivity index (χ2n) is 7.11. The molecular weight excluding hydrogens is 234 g/mol. The summed E-state index contributed by atoms with van der Waals surface area (Å²) in [7, 11) is 0. The van der Waals surface area contributed by atoms with Crippen molar-refractivity contribution < 1.29 is 4.42 Å². The van der Waals surface area contributed by atoms with Crippen molar-refractivity contribution in [2.45, 2.75) is 52.4 Å². The minimum atomic E-state index is -0.00337. The van der Waals surface area contributed by atoms with Gasteiger partial charge in [0.05, 0.1) is 6.20 Å². The van der Waals surface area contributed by atoms with Gasteiger partial charge in [-0.25, -0.2) is 4.98 Å². The number of hydrogen-bond donors (Lipinski definition) is 0. The minimum Gasteiger partial charge on any atom is -0.441 e. The van der Waals surface area contributed by atoms with E-state index in [1.54, 1.807) is 0 Å². The summed E-state index contributed by atoms with van der Waals surface area (Å²) in [6.45, 7) is 13.0. The third-order valence-corrected chi connectivity index (χ3v) is 3.24. The molecule has 2 heteroatoms. The summed E-state index contributed by atoms with van der Waals surface area (Å²) in [5.41, 5.74) is 2.52. The Kier molecular flexibility index (Phi) is 3.29. The van der Waals surface area contributed by atoms with E-state index in [0.717, 1.165) is 11.3 Å². The molecule has 0 fully saturated rings. The molecule has 1 aromatic heterocycles. The maximum atomic E-state index is 5.85. The number of hydrogen-bond acceptors (Lipinski definition) is 2. The van der Waals surface area contributed by atoms with Crippen molar-refractivity contribution in [2.75, 3.05) is 0 Å². The van der Waals surface area contributed by atoms with E-state index < -0.39 is 0 Å². The van der Waals surface area contributed by atoms with Crippen LogP contribution in [0.2, 0.25) is 0 Å². The third kappa shape index (κ3) is 3.06. The quantitative estimate of drug-likeness (QED) is 0.723. The van der Waals surface area contributed by atoms with E-state index in [2.05, 4.69) is 70.8 Å². The molecule has 0 radical (unpaired) electrons. The van der Waals surface area contributed by atoms with Crippen LogP contribution in [0.25, 0.3) is 11.5 Å². The average Bonchev–Trinajstić information content (AvgIpc) is 2.77. The van der Waals surface area contributed by atoms with Gasteiger partial charge >= 0.3 is 0 Å². The summed E-state index contributed by atoms with van der Waals surface area (Å²) >= 11 is 0. The molecule has 0 N–H and O–H groups in total. The lowest BCUT2D eigenvalue weighted by atomic mass is 9.87. The van der Waals surface area contributed by atoms with Gasteiger partial charge in [-0.3, -0.25) is 0 Å². The Bertz CT molecular complexity index is 550. The van der Waals surface area contributed by atoms with Gasteiger partial charge in [0.1, 0.15) is 5.76 Å². The average molecular weight is 257 g/mol. The van der Waals surface area contributed by atoms with Crippen LogP contribution in [0.3, 0.4) is 0 Å². The fraction of sp³-hybridized carbons (Fsp3) is 0.471. The second-order valence-corrected chi connectivity index (χ2v) is 7.11. The molecular formula is C17H23NO. The van der Waals surface area contributed by atoms with Crippen LogP contribution in [0.1, 0.15) is 52.9 Å². The van der Waals surface area contributed by atoms with E-state index in [1.807, 2.05) is 6.20 Å². The van der Waals surface area contributed by atoms with E-state index >= 15 is 0 Å². The zero-order chi connectivity index (χ0) is 14.3. The van der Waals surface area contributed by atoms with E-state index in [-0.39, 0.29) is 10.8 Å². The highest BCUT2D eigenvalue weighted by Crippen LogP contribution is 2.29. The number of rotatable bonds is 1. The maximum Gasteiger partial charge on any atom is 0.226 e. The van der Waals surface area contributed by atoms with Gasteiger partial charge in [0, 0.05) is 11.0 Å². The minimum absolute atomic E-state index is 0.00337. The molecule has 0 aliphatic heterocycles. The molecule has 0 aliphatic rings. The van der Waals surface area contributed by atoms with Gasteiger partial charge in [0.2, 0.25) is 5.89 Å². The fourth-order valence-corrected chi connectivity index (χ4v) is 1.87. The Hall–Kier alpha value is -1.57. The molecule has 102 valence electrons. The van der Waals surface area contributed by atoms with Crippen LogP contribution in [0.5, 0.6) is 0 Å². The maximum absolute atomic E-state index is 5.85. The van der Waals surface area contributed by atoms with Gasteiger partial charge in [-0.2, -0.15) is 0 Å². The van der Waals surface area contributed by atoms with Crippen LogP contribution in [0.4, 0.5) is 0 Å². The lowest BCUT2D eigenvalue weighted by Crippen LogP contribution is -2.10. The predicted octanol–water partition coefficient (Wildman–Crippen LogP) is 4.94. The standard InChI is InChI=1S/C17H23NO/c1-16(2,3)13-9-7-12(8-10-13)15-18-11-14(19-15)17(4,5)6/h7-11H,1-6H3. The Balaban J connectivity index is 2.31. The summed E-state index contributed by atoms with van der Waals surface area (Å²) < 4.78 is 5.85. The van der Waals surface area contributed by atoms with Crippen molar-refractivity contribution in [1.29, 1.82) is 0 Å². The SMILES string of the molecule is CC(C)(C)c1ccc(-c2ncc(C(C)(C)C)o2)cc1. The zero-order valence-corrected chi connectivity index (χ0v) is 12.7. The first kappa shape index (κ1) is 13.9. The van der Waals surface area contributed by atoms with Crippen molar-refractivity contribution in [3.8, 4) is 11.5 Å². The van der Waals surface area contributed by atoms with Gasteiger partial charge in [0.25, 0.3) is 0 Å². The predicted molar refractivity (Wildman–Crippen MR) is 79.3 cm³/mol. The monoisotopic (exact) mass is 257 g/mol. The lowest BCUT2D eigenvalue weighted by molar-refractivity contribution is 0.416. The van der Waals surface area contributed by atoms with Crippen LogP contribution in [0, 0.1) is 0 Å². The summed E-state index contributed by atoms with van der Waals surface area (Å²) in [5.74, 6) is 1.62. The van der Waals surface area contributed by atoms with Crippen LogP contribution < -0.4 is 0 Å². The highest BCUT2D eigenvalue weighted by Gasteiger charge is 2.20. The van der Waals surface area contributed by atoms with E-state index in [1.165, 1.54) is 5.56 Å². The summed E-state index contributed by atoms with van der Waals surface area (Å²) in [6, 6.07) is 8.46. The summed E-state index contributed by atoms with van der Waals surface area (Å²) in [5, 5.41) is 0.